The summed E-state index contributed by atoms with van der Waals surface area (Å²) < 4.78 is 13.8. The lowest BCUT2D eigenvalue weighted by atomic mass is 10.1. The molecule has 4 rings (SSSR count). The van der Waals surface area contributed by atoms with Gasteiger partial charge in [-0.1, -0.05) is 0 Å². The molecule has 182 valence electrons. The van der Waals surface area contributed by atoms with Crippen LogP contribution in [0.2, 0.25) is 0 Å². The van der Waals surface area contributed by atoms with Crippen LogP contribution in [-0.4, -0.2) is 91.5 Å². The second-order valence-electron chi connectivity index (χ2n) is 8.18. The fraction of sp³-hybridized carbons (Fsp3) is 0.458. The zero-order valence-electron chi connectivity index (χ0n) is 19.9. The average molecular weight is 486 g/mol. The van der Waals surface area contributed by atoms with Crippen molar-refractivity contribution in [2.24, 2.45) is 7.05 Å². The number of hydrogen-bond donors (Lipinski definition) is 1. The number of methoxy groups -OCH3 is 1. The highest BCUT2D eigenvalue weighted by Crippen LogP contribution is 2.40. The maximum absolute atomic E-state index is 13.7. The molecule has 0 spiro atoms. The molecule has 1 aromatic carbocycles. The Hall–Kier alpha value is -2.95. The van der Waals surface area contributed by atoms with Crippen molar-refractivity contribution in [3.63, 3.8) is 0 Å². The van der Waals surface area contributed by atoms with Gasteiger partial charge in [0.15, 0.2) is 0 Å². The molecule has 2 aromatic heterocycles. The Balaban J connectivity index is 1.64. The largest absolute Gasteiger partial charge is 0.496 e. The van der Waals surface area contributed by atoms with Crippen LogP contribution in [0.15, 0.2) is 30.5 Å². The van der Waals surface area contributed by atoms with Crippen LogP contribution in [0.3, 0.4) is 0 Å². The zero-order valence-corrected chi connectivity index (χ0v) is 20.7. The van der Waals surface area contributed by atoms with E-state index in [0.717, 1.165) is 46.7 Å². The molecule has 10 heteroatoms. The summed E-state index contributed by atoms with van der Waals surface area (Å²) in [5.74, 6) is 0.568. The zero-order chi connectivity index (χ0) is 24.1. The van der Waals surface area contributed by atoms with Gasteiger partial charge in [-0.15, -0.1) is 11.3 Å². The second kappa shape index (κ2) is 11.0. The predicted octanol–water partition coefficient (Wildman–Crippen LogP) is 2.22. The van der Waals surface area contributed by atoms with E-state index in [9.17, 15) is 9.59 Å². The highest BCUT2D eigenvalue weighted by molar-refractivity contribution is 7.21. The van der Waals surface area contributed by atoms with E-state index >= 15 is 0 Å². The molecule has 0 atom stereocenters. The minimum atomic E-state index is -0.0827. The third-order valence-corrected chi connectivity index (χ3v) is 7.29. The molecule has 0 saturated carbocycles. The average Bonchev–Trinajstić information content (AvgIpc) is 3.50. The first-order valence-corrected chi connectivity index (χ1v) is 12.2. The van der Waals surface area contributed by atoms with Crippen molar-refractivity contribution in [1.82, 2.24) is 24.9 Å². The first kappa shape index (κ1) is 24.2. The molecule has 0 radical (unpaired) electrons. The van der Waals surface area contributed by atoms with Gasteiger partial charge >= 0.3 is 0 Å². The number of aromatic nitrogens is 2. The van der Waals surface area contributed by atoms with Crippen molar-refractivity contribution >= 4 is 33.2 Å². The summed E-state index contributed by atoms with van der Waals surface area (Å²) in [4.78, 5) is 30.3. The molecule has 0 unspecified atom stereocenters. The van der Waals surface area contributed by atoms with Crippen LogP contribution < -0.4 is 10.1 Å². The third-order valence-electron chi connectivity index (χ3n) is 6.14. The summed E-state index contributed by atoms with van der Waals surface area (Å²) in [5, 5.41) is 7.83. The van der Waals surface area contributed by atoms with Crippen LogP contribution in [-0.2, 0) is 16.6 Å². The maximum atomic E-state index is 13.7. The van der Waals surface area contributed by atoms with E-state index in [-0.39, 0.29) is 18.2 Å². The Bertz CT molecular complexity index is 1150. The second-order valence-corrected chi connectivity index (χ2v) is 9.23. The molecule has 1 saturated heterocycles. The molecule has 3 aromatic rings. The van der Waals surface area contributed by atoms with Gasteiger partial charge in [0.1, 0.15) is 5.75 Å². The van der Waals surface area contributed by atoms with Crippen LogP contribution in [0.25, 0.3) is 21.3 Å². The van der Waals surface area contributed by atoms with Gasteiger partial charge < -0.3 is 19.7 Å². The molecule has 3 heterocycles. The number of nitrogens with zero attached hydrogens (tertiary/aromatic N) is 4. The standard InChI is InChI=1S/C24H31N5O4S/c1-25-22(30)7-9-29(11-10-28-12-14-33-15-13-28)24(31)21-16-18-20(32-3)5-4-17(23(18)34-21)19-6-8-26-27(19)2/h4-6,8,16H,7,9-15H2,1-3H3,(H,25,30). The number of hydrogen-bond acceptors (Lipinski definition) is 7. The molecule has 0 bridgehead atoms. The molecule has 1 aliphatic rings. The lowest BCUT2D eigenvalue weighted by molar-refractivity contribution is -0.120. The molecule has 2 amide bonds. The van der Waals surface area contributed by atoms with Gasteiger partial charge in [-0.05, 0) is 24.3 Å². The van der Waals surface area contributed by atoms with Gasteiger partial charge in [0.25, 0.3) is 5.91 Å². The van der Waals surface area contributed by atoms with Crippen molar-refractivity contribution < 1.29 is 19.1 Å². The monoisotopic (exact) mass is 485 g/mol. The fourth-order valence-corrected chi connectivity index (χ4v) is 5.31. The van der Waals surface area contributed by atoms with Gasteiger partial charge in [0.05, 0.1) is 30.9 Å². The van der Waals surface area contributed by atoms with E-state index in [1.165, 1.54) is 11.3 Å². The van der Waals surface area contributed by atoms with E-state index in [0.29, 0.717) is 31.2 Å². The van der Waals surface area contributed by atoms with E-state index in [1.807, 2.05) is 36.0 Å². The van der Waals surface area contributed by atoms with Crippen LogP contribution in [0.1, 0.15) is 16.1 Å². The Morgan fingerprint density at radius 1 is 1.24 bits per heavy atom. The number of nitrogens with one attached hydrogen (secondary N) is 1. The number of ether oxygens (including phenoxy) is 2. The molecule has 1 N–H and O–H groups in total. The highest BCUT2D eigenvalue weighted by atomic mass is 32.1. The van der Waals surface area contributed by atoms with Gasteiger partial charge in [0.2, 0.25) is 5.91 Å². The Morgan fingerprint density at radius 2 is 2.03 bits per heavy atom. The Kier molecular flexibility index (Phi) is 7.81. The number of thiophene rings is 1. The van der Waals surface area contributed by atoms with E-state index in [4.69, 9.17) is 9.47 Å². The molecular weight excluding hydrogens is 454 g/mol. The summed E-state index contributed by atoms with van der Waals surface area (Å²) in [6.07, 6.45) is 2.02. The SMILES string of the molecule is CNC(=O)CCN(CCN1CCOCC1)C(=O)c1cc2c(OC)ccc(-c3ccnn3C)c2s1. The summed E-state index contributed by atoms with van der Waals surface area (Å²) in [7, 11) is 5.15. The van der Waals surface area contributed by atoms with Crippen LogP contribution in [0.5, 0.6) is 5.75 Å². The van der Waals surface area contributed by atoms with Gasteiger partial charge in [-0.3, -0.25) is 19.2 Å². The van der Waals surface area contributed by atoms with Crippen molar-refractivity contribution in [3.8, 4) is 17.0 Å². The van der Waals surface area contributed by atoms with Crippen LogP contribution >= 0.6 is 11.3 Å². The first-order valence-electron chi connectivity index (χ1n) is 11.4. The third kappa shape index (κ3) is 5.24. The van der Waals surface area contributed by atoms with Crippen LogP contribution in [0, 0.1) is 0 Å². The minimum Gasteiger partial charge on any atom is -0.496 e. The molecule has 1 aliphatic heterocycles. The van der Waals surface area contributed by atoms with Crippen molar-refractivity contribution in [3.05, 3.63) is 35.3 Å². The van der Waals surface area contributed by atoms with Gasteiger partial charge in [0, 0.05) is 75.1 Å². The van der Waals surface area contributed by atoms with Gasteiger partial charge in [-0.2, -0.15) is 5.10 Å². The number of carbonyl (C=O) groups is 2. The van der Waals surface area contributed by atoms with Crippen molar-refractivity contribution in [2.75, 3.05) is 60.1 Å². The lowest BCUT2D eigenvalue weighted by Crippen LogP contribution is -2.43. The lowest BCUT2D eigenvalue weighted by Gasteiger charge is -2.30. The fourth-order valence-electron chi connectivity index (χ4n) is 4.14. The van der Waals surface area contributed by atoms with Gasteiger partial charge in [-0.25, -0.2) is 0 Å². The van der Waals surface area contributed by atoms with Crippen molar-refractivity contribution in [1.29, 1.82) is 0 Å². The number of benzene rings is 1. The van der Waals surface area contributed by atoms with E-state index in [2.05, 4.69) is 15.3 Å². The summed E-state index contributed by atoms with van der Waals surface area (Å²) in [6.45, 7) is 4.78. The Labute approximate surface area is 203 Å². The molecule has 9 nitrogen and oxygen atoms in total. The minimum absolute atomic E-state index is 0.0728. The summed E-state index contributed by atoms with van der Waals surface area (Å²) in [5.41, 5.74) is 1.97. The van der Waals surface area contributed by atoms with Crippen LogP contribution in [0.4, 0.5) is 0 Å². The number of amides is 2. The Morgan fingerprint density at radius 3 is 2.71 bits per heavy atom. The number of morpholine rings is 1. The maximum Gasteiger partial charge on any atom is 0.264 e. The molecule has 34 heavy (non-hydrogen) atoms. The van der Waals surface area contributed by atoms with Crippen molar-refractivity contribution in [2.45, 2.75) is 6.42 Å². The topological polar surface area (TPSA) is 88.9 Å². The summed E-state index contributed by atoms with van der Waals surface area (Å²) in [6, 6.07) is 7.79. The smallest absolute Gasteiger partial charge is 0.264 e. The first-order chi connectivity index (χ1) is 16.5. The van der Waals surface area contributed by atoms with E-state index in [1.54, 1.807) is 25.3 Å². The summed E-state index contributed by atoms with van der Waals surface area (Å²) >= 11 is 1.45. The molecule has 1 fully saturated rings. The number of carbonyl (C=O) groups excluding carboxylic acids is 2. The number of fused-ring (bicyclic) bond motifs is 1. The number of aryl methyl sites for hydroxylation is 1. The predicted molar refractivity (Wildman–Crippen MR) is 132 cm³/mol. The quantitative estimate of drug-likeness (QED) is 0.500. The highest BCUT2D eigenvalue weighted by Gasteiger charge is 2.23. The molecular formula is C24H31N5O4S. The molecule has 0 aliphatic carbocycles. The number of rotatable bonds is 9. The van der Waals surface area contributed by atoms with E-state index < -0.39 is 0 Å². The normalized spacial score (nSPS) is 14.3.